The Kier molecular flexibility index (Phi) is 4.68. The van der Waals surface area contributed by atoms with Crippen LogP contribution in [0, 0.1) is 4.64 Å². The Balaban J connectivity index is 2.32. The van der Waals surface area contributed by atoms with Crippen molar-refractivity contribution < 1.29 is 4.74 Å². The third-order valence-corrected chi connectivity index (χ3v) is 3.27. The van der Waals surface area contributed by atoms with E-state index in [1.807, 2.05) is 24.3 Å². The largest absolute Gasteiger partial charge is 0.494 e. The van der Waals surface area contributed by atoms with Gasteiger partial charge in [-0.1, -0.05) is 26.1 Å². The maximum absolute atomic E-state index is 5.58. The number of aromatic nitrogens is 2. The maximum atomic E-state index is 5.58. The molecule has 0 spiro atoms. The van der Waals surface area contributed by atoms with Crippen LogP contribution in [0.2, 0.25) is 0 Å². The fourth-order valence-electron chi connectivity index (χ4n) is 1.95. The number of benzene rings is 1. The van der Waals surface area contributed by atoms with Gasteiger partial charge in [0, 0.05) is 5.56 Å². The molecule has 4 heteroatoms. The van der Waals surface area contributed by atoms with Gasteiger partial charge in [0.1, 0.15) is 10.4 Å². The molecule has 0 unspecified atom stereocenters. The molecule has 0 saturated carbocycles. The summed E-state index contributed by atoms with van der Waals surface area (Å²) < 4.78 is 6.25. The third-order valence-electron chi connectivity index (χ3n) is 2.92. The molecular formula is C15H18N2OS. The number of nitrogens with one attached hydrogen (secondary N) is 1. The third kappa shape index (κ3) is 3.20. The minimum atomic E-state index is 0.669. The minimum absolute atomic E-state index is 0.669. The maximum Gasteiger partial charge on any atom is 0.133 e. The van der Waals surface area contributed by atoms with Crippen molar-refractivity contribution in [3.8, 4) is 17.0 Å². The first kappa shape index (κ1) is 13.7. The molecule has 0 amide bonds. The molecule has 1 N–H and O–H groups in total. The van der Waals surface area contributed by atoms with Crippen LogP contribution in [0.5, 0.6) is 5.75 Å². The fourth-order valence-corrected chi connectivity index (χ4v) is 2.25. The van der Waals surface area contributed by atoms with Gasteiger partial charge in [0.15, 0.2) is 0 Å². The van der Waals surface area contributed by atoms with E-state index in [1.165, 1.54) is 0 Å². The Morgan fingerprint density at radius 3 is 2.58 bits per heavy atom. The van der Waals surface area contributed by atoms with Gasteiger partial charge in [-0.25, -0.2) is 4.98 Å². The molecule has 0 bridgehead atoms. The van der Waals surface area contributed by atoms with Crippen LogP contribution < -0.4 is 4.74 Å². The molecule has 0 radical (unpaired) electrons. The highest BCUT2D eigenvalue weighted by atomic mass is 32.1. The molecule has 100 valence electrons. The average Bonchev–Trinajstić information content (AvgIpc) is 2.45. The lowest BCUT2D eigenvalue weighted by Crippen LogP contribution is -1.96. The van der Waals surface area contributed by atoms with E-state index in [0.29, 0.717) is 4.64 Å². The number of hydrogen-bond acceptors (Lipinski definition) is 3. The van der Waals surface area contributed by atoms with E-state index in [2.05, 4.69) is 23.8 Å². The summed E-state index contributed by atoms with van der Waals surface area (Å²) >= 11 is 5.27. The molecule has 3 nitrogen and oxygen atoms in total. The summed E-state index contributed by atoms with van der Waals surface area (Å²) in [6.07, 6.45) is 3.53. The van der Waals surface area contributed by atoms with Gasteiger partial charge in [-0.3, -0.25) is 0 Å². The monoisotopic (exact) mass is 274 g/mol. The van der Waals surface area contributed by atoms with Gasteiger partial charge >= 0.3 is 0 Å². The van der Waals surface area contributed by atoms with E-state index in [4.69, 9.17) is 17.0 Å². The Hall–Kier alpha value is -1.68. The molecule has 0 aliphatic rings. The average molecular weight is 274 g/mol. The second-order valence-electron chi connectivity index (χ2n) is 4.29. The van der Waals surface area contributed by atoms with Crippen LogP contribution in [0.25, 0.3) is 11.3 Å². The standard InChI is InChI=1S/C15H18N2OS/c1-3-9-18-12-7-5-11(6-8-12)14-13(4-2)15(19)17-10-16-14/h5-8,10H,3-4,9H2,1-2H3,(H,16,17,19). The summed E-state index contributed by atoms with van der Waals surface area (Å²) in [5, 5.41) is 0. The molecule has 2 rings (SSSR count). The number of H-pyrrole nitrogens is 1. The lowest BCUT2D eigenvalue weighted by molar-refractivity contribution is 0.317. The Labute approximate surface area is 118 Å². The van der Waals surface area contributed by atoms with Gasteiger partial charge in [-0.05, 0) is 42.7 Å². The molecule has 0 aliphatic heterocycles. The molecule has 1 aromatic carbocycles. The molecule has 0 aliphatic carbocycles. The first-order valence-electron chi connectivity index (χ1n) is 6.56. The normalized spacial score (nSPS) is 10.4. The zero-order chi connectivity index (χ0) is 13.7. The number of ether oxygens (including phenoxy) is 1. The van der Waals surface area contributed by atoms with Gasteiger partial charge in [-0.15, -0.1) is 0 Å². The van der Waals surface area contributed by atoms with E-state index in [0.717, 1.165) is 42.0 Å². The van der Waals surface area contributed by atoms with Gasteiger partial charge in [0.25, 0.3) is 0 Å². The number of aromatic amines is 1. The van der Waals surface area contributed by atoms with Crippen LogP contribution in [0.4, 0.5) is 0 Å². The first-order valence-corrected chi connectivity index (χ1v) is 6.96. The summed E-state index contributed by atoms with van der Waals surface area (Å²) in [5.74, 6) is 0.899. The van der Waals surface area contributed by atoms with Crippen LogP contribution in [-0.2, 0) is 6.42 Å². The van der Waals surface area contributed by atoms with Crippen molar-refractivity contribution in [2.45, 2.75) is 26.7 Å². The Bertz CT molecular complexity index is 590. The molecule has 0 atom stereocenters. The molecule has 1 heterocycles. The predicted octanol–water partition coefficient (Wildman–Crippen LogP) is 4.16. The van der Waals surface area contributed by atoms with Crippen LogP contribution in [0.1, 0.15) is 25.8 Å². The van der Waals surface area contributed by atoms with Crippen molar-refractivity contribution in [1.29, 1.82) is 0 Å². The SMILES string of the molecule is CCCOc1ccc(-c2[nH]cnc(=S)c2CC)cc1. The molecule has 2 aromatic rings. The lowest BCUT2D eigenvalue weighted by atomic mass is 10.1. The first-order chi connectivity index (χ1) is 9.26. The summed E-state index contributed by atoms with van der Waals surface area (Å²) in [6, 6.07) is 8.07. The van der Waals surface area contributed by atoms with Crippen molar-refractivity contribution >= 4 is 12.2 Å². The number of nitrogens with zero attached hydrogens (tertiary/aromatic N) is 1. The summed E-state index contributed by atoms with van der Waals surface area (Å²) in [4.78, 5) is 7.32. The zero-order valence-corrected chi connectivity index (χ0v) is 12.1. The van der Waals surface area contributed by atoms with E-state index in [1.54, 1.807) is 6.33 Å². The van der Waals surface area contributed by atoms with Crippen molar-refractivity contribution in [2.75, 3.05) is 6.61 Å². The van der Waals surface area contributed by atoms with Crippen LogP contribution >= 0.6 is 12.2 Å². The predicted molar refractivity (Wildman–Crippen MR) is 80.0 cm³/mol. The highest BCUT2D eigenvalue weighted by Crippen LogP contribution is 2.24. The van der Waals surface area contributed by atoms with Gasteiger partial charge < -0.3 is 9.72 Å². The van der Waals surface area contributed by atoms with E-state index in [9.17, 15) is 0 Å². The summed E-state index contributed by atoms with van der Waals surface area (Å²) in [5.41, 5.74) is 3.23. The molecular weight excluding hydrogens is 256 g/mol. The quantitative estimate of drug-likeness (QED) is 0.832. The Morgan fingerprint density at radius 2 is 1.95 bits per heavy atom. The second-order valence-corrected chi connectivity index (χ2v) is 4.67. The smallest absolute Gasteiger partial charge is 0.133 e. The van der Waals surface area contributed by atoms with Crippen molar-refractivity contribution in [1.82, 2.24) is 9.97 Å². The number of hydrogen-bond donors (Lipinski definition) is 1. The molecule has 0 saturated heterocycles. The van der Waals surface area contributed by atoms with Gasteiger partial charge in [-0.2, -0.15) is 0 Å². The highest BCUT2D eigenvalue weighted by molar-refractivity contribution is 7.71. The molecule has 0 fully saturated rings. The van der Waals surface area contributed by atoms with E-state index >= 15 is 0 Å². The zero-order valence-electron chi connectivity index (χ0n) is 11.3. The molecule has 19 heavy (non-hydrogen) atoms. The minimum Gasteiger partial charge on any atom is -0.494 e. The van der Waals surface area contributed by atoms with Crippen LogP contribution in [0.15, 0.2) is 30.6 Å². The Morgan fingerprint density at radius 1 is 1.21 bits per heavy atom. The number of rotatable bonds is 5. The van der Waals surface area contributed by atoms with Crippen molar-refractivity contribution in [3.05, 3.63) is 40.8 Å². The second kappa shape index (κ2) is 6.48. The van der Waals surface area contributed by atoms with Crippen molar-refractivity contribution in [2.24, 2.45) is 0 Å². The van der Waals surface area contributed by atoms with Gasteiger partial charge in [0.2, 0.25) is 0 Å². The van der Waals surface area contributed by atoms with Crippen LogP contribution in [0.3, 0.4) is 0 Å². The highest BCUT2D eigenvalue weighted by Gasteiger charge is 2.06. The summed E-state index contributed by atoms with van der Waals surface area (Å²) in [6.45, 7) is 4.93. The van der Waals surface area contributed by atoms with Gasteiger partial charge in [0.05, 0.1) is 18.6 Å². The fraction of sp³-hybridized carbons (Fsp3) is 0.333. The topological polar surface area (TPSA) is 37.9 Å². The lowest BCUT2D eigenvalue weighted by Gasteiger charge is -2.09. The van der Waals surface area contributed by atoms with E-state index < -0.39 is 0 Å². The van der Waals surface area contributed by atoms with E-state index in [-0.39, 0.29) is 0 Å². The van der Waals surface area contributed by atoms with Crippen molar-refractivity contribution in [3.63, 3.8) is 0 Å². The van der Waals surface area contributed by atoms with Crippen LogP contribution in [-0.4, -0.2) is 16.6 Å². The molecule has 1 aromatic heterocycles. The summed E-state index contributed by atoms with van der Waals surface area (Å²) in [7, 11) is 0.